The topological polar surface area (TPSA) is 81.4 Å². The molecule has 4 unspecified atom stereocenters. The maximum absolute atomic E-state index is 12.7. The first-order valence-electron chi connectivity index (χ1n) is 8.55. The van der Waals surface area contributed by atoms with Crippen LogP contribution in [-0.4, -0.2) is 30.2 Å². The highest BCUT2D eigenvalue weighted by Crippen LogP contribution is 2.49. The lowest BCUT2D eigenvalue weighted by Gasteiger charge is -2.29. The Morgan fingerprint density at radius 2 is 2.00 bits per heavy atom. The smallest absolute Gasteiger partial charge is 0.311 e. The molecule has 23 heavy (non-hydrogen) atoms. The molecule has 6 nitrogen and oxygen atoms in total. The number of nitrogens with one attached hydrogen (secondary N) is 1. The van der Waals surface area contributed by atoms with Gasteiger partial charge in [0, 0.05) is 18.0 Å². The highest BCUT2D eigenvalue weighted by atomic mass is 16.5. The van der Waals surface area contributed by atoms with Crippen LogP contribution in [0.25, 0.3) is 0 Å². The molecule has 4 atom stereocenters. The number of ether oxygens (including phenoxy) is 1. The standard InChI is InChI=1S/C17H22N2O4/c1-22-17(21)13-9-6-7-10(8-9)14(13)18-16(20)15-11-4-2-3-5-12(11)23-19-15/h9-10,13-14H,2-8H2,1H3,(H,18,20). The zero-order valence-electron chi connectivity index (χ0n) is 13.3. The molecule has 1 heterocycles. The molecule has 1 amide bonds. The van der Waals surface area contributed by atoms with Crippen LogP contribution in [-0.2, 0) is 22.4 Å². The van der Waals surface area contributed by atoms with Gasteiger partial charge in [-0.3, -0.25) is 9.59 Å². The number of methoxy groups -OCH3 is 1. The van der Waals surface area contributed by atoms with E-state index in [1.807, 2.05) is 0 Å². The first-order chi connectivity index (χ1) is 11.2. The van der Waals surface area contributed by atoms with Gasteiger partial charge in [-0.1, -0.05) is 5.16 Å². The van der Waals surface area contributed by atoms with E-state index in [1.165, 1.54) is 7.11 Å². The summed E-state index contributed by atoms with van der Waals surface area (Å²) in [5, 5.41) is 7.05. The lowest BCUT2D eigenvalue weighted by molar-refractivity contribution is -0.148. The summed E-state index contributed by atoms with van der Waals surface area (Å²) < 4.78 is 10.3. The molecule has 6 heteroatoms. The molecular weight excluding hydrogens is 296 g/mol. The number of amides is 1. The van der Waals surface area contributed by atoms with Crippen molar-refractivity contribution in [2.24, 2.45) is 17.8 Å². The normalized spacial score (nSPS) is 31.7. The van der Waals surface area contributed by atoms with Crippen molar-refractivity contribution in [1.82, 2.24) is 10.5 Å². The largest absolute Gasteiger partial charge is 0.469 e. The highest BCUT2D eigenvalue weighted by molar-refractivity contribution is 5.94. The van der Waals surface area contributed by atoms with Gasteiger partial charge in [-0.05, 0) is 50.4 Å². The van der Waals surface area contributed by atoms with Crippen LogP contribution in [0.2, 0.25) is 0 Å². The van der Waals surface area contributed by atoms with Crippen LogP contribution >= 0.6 is 0 Å². The molecule has 0 radical (unpaired) electrons. The molecule has 3 aliphatic carbocycles. The number of hydrogen-bond donors (Lipinski definition) is 1. The van der Waals surface area contributed by atoms with E-state index in [-0.39, 0.29) is 23.8 Å². The molecule has 0 aliphatic heterocycles. The van der Waals surface area contributed by atoms with Crippen molar-refractivity contribution in [1.29, 1.82) is 0 Å². The highest BCUT2D eigenvalue weighted by Gasteiger charge is 2.52. The minimum atomic E-state index is -0.217. The van der Waals surface area contributed by atoms with Crippen molar-refractivity contribution in [2.45, 2.75) is 51.0 Å². The number of hydrogen-bond acceptors (Lipinski definition) is 5. The van der Waals surface area contributed by atoms with Crippen LogP contribution < -0.4 is 5.32 Å². The van der Waals surface area contributed by atoms with Crippen molar-refractivity contribution in [2.75, 3.05) is 7.11 Å². The van der Waals surface area contributed by atoms with E-state index in [0.29, 0.717) is 17.5 Å². The minimum Gasteiger partial charge on any atom is -0.469 e. The van der Waals surface area contributed by atoms with Crippen molar-refractivity contribution < 1.29 is 18.8 Å². The molecular formula is C17H22N2O4. The van der Waals surface area contributed by atoms with E-state index >= 15 is 0 Å². The van der Waals surface area contributed by atoms with Gasteiger partial charge in [0.2, 0.25) is 0 Å². The number of nitrogens with zero attached hydrogens (tertiary/aromatic N) is 1. The zero-order chi connectivity index (χ0) is 16.0. The molecule has 2 bridgehead atoms. The summed E-state index contributed by atoms with van der Waals surface area (Å²) in [7, 11) is 1.42. The lowest BCUT2D eigenvalue weighted by atomic mass is 9.84. The Balaban J connectivity index is 1.54. The maximum atomic E-state index is 12.7. The van der Waals surface area contributed by atoms with Crippen molar-refractivity contribution in [3.05, 3.63) is 17.0 Å². The van der Waals surface area contributed by atoms with Gasteiger partial charge in [-0.25, -0.2) is 0 Å². The Morgan fingerprint density at radius 1 is 1.22 bits per heavy atom. The van der Waals surface area contributed by atoms with E-state index in [4.69, 9.17) is 9.26 Å². The average Bonchev–Trinajstić information content (AvgIpc) is 3.27. The third kappa shape index (κ3) is 2.35. The second kappa shape index (κ2) is 5.65. The van der Waals surface area contributed by atoms with Gasteiger partial charge >= 0.3 is 5.97 Å². The summed E-state index contributed by atoms with van der Waals surface area (Å²) in [5.74, 6) is 0.928. The molecule has 0 spiro atoms. The minimum absolute atomic E-state index is 0.135. The van der Waals surface area contributed by atoms with Gasteiger partial charge in [0.1, 0.15) is 5.76 Å². The second-order valence-electron chi connectivity index (χ2n) is 7.02. The van der Waals surface area contributed by atoms with E-state index < -0.39 is 0 Å². The number of esters is 1. The summed E-state index contributed by atoms with van der Waals surface area (Å²) >= 11 is 0. The summed E-state index contributed by atoms with van der Waals surface area (Å²) in [5.41, 5.74) is 1.36. The number of fused-ring (bicyclic) bond motifs is 3. The fraction of sp³-hybridized carbons (Fsp3) is 0.706. The monoisotopic (exact) mass is 318 g/mol. The van der Waals surface area contributed by atoms with Crippen LogP contribution in [0.3, 0.4) is 0 Å². The fourth-order valence-electron chi connectivity index (χ4n) is 4.76. The quantitative estimate of drug-likeness (QED) is 0.861. The molecule has 4 rings (SSSR count). The SMILES string of the molecule is COC(=O)C1C2CCC(C2)C1NC(=O)c1noc2c1CCCC2. The third-order valence-electron chi connectivity index (χ3n) is 5.85. The summed E-state index contributed by atoms with van der Waals surface area (Å²) in [6, 6.07) is -0.135. The first kappa shape index (κ1) is 14.7. The number of carbonyl (C=O) groups excluding carboxylic acids is 2. The number of carbonyl (C=O) groups is 2. The summed E-state index contributed by atoms with van der Waals surface area (Å²) in [6.07, 6.45) is 6.97. The Morgan fingerprint density at radius 3 is 2.83 bits per heavy atom. The van der Waals surface area contributed by atoms with Crippen molar-refractivity contribution >= 4 is 11.9 Å². The molecule has 2 fully saturated rings. The predicted molar refractivity (Wildman–Crippen MR) is 80.7 cm³/mol. The molecule has 2 saturated carbocycles. The third-order valence-corrected chi connectivity index (χ3v) is 5.85. The molecule has 0 saturated heterocycles. The Labute approximate surface area is 134 Å². The van der Waals surface area contributed by atoms with Crippen LogP contribution in [0, 0.1) is 17.8 Å². The van der Waals surface area contributed by atoms with Gasteiger partial charge in [-0.2, -0.15) is 0 Å². The van der Waals surface area contributed by atoms with Gasteiger partial charge in [0.25, 0.3) is 5.91 Å². The zero-order valence-corrected chi connectivity index (χ0v) is 13.3. The van der Waals surface area contributed by atoms with E-state index in [0.717, 1.165) is 56.3 Å². The Hall–Kier alpha value is -1.85. The van der Waals surface area contributed by atoms with Gasteiger partial charge in [-0.15, -0.1) is 0 Å². The van der Waals surface area contributed by atoms with Gasteiger partial charge in [0.15, 0.2) is 5.69 Å². The van der Waals surface area contributed by atoms with E-state index in [1.54, 1.807) is 0 Å². The van der Waals surface area contributed by atoms with Gasteiger partial charge < -0.3 is 14.6 Å². The molecule has 3 aliphatic rings. The van der Waals surface area contributed by atoms with Gasteiger partial charge in [0.05, 0.1) is 13.0 Å². The number of aromatic nitrogens is 1. The fourth-order valence-corrected chi connectivity index (χ4v) is 4.76. The second-order valence-corrected chi connectivity index (χ2v) is 7.02. The average molecular weight is 318 g/mol. The Kier molecular flexibility index (Phi) is 3.62. The number of rotatable bonds is 3. The summed E-state index contributed by atoms with van der Waals surface area (Å²) in [6.45, 7) is 0. The molecule has 1 aromatic heterocycles. The van der Waals surface area contributed by atoms with Crippen LogP contribution in [0.15, 0.2) is 4.52 Å². The van der Waals surface area contributed by atoms with Crippen molar-refractivity contribution in [3.63, 3.8) is 0 Å². The first-order valence-corrected chi connectivity index (χ1v) is 8.55. The van der Waals surface area contributed by atoms with Crippen molar-refractivity contribution in [3.8, 4) is 0 Å². The maximum Gasteiger partial charge on any atom is 0.311 e. The van der Waals surface area contributed by atoms with Crippen LogP contribution in [0.5, 0.6) is 0 Å². The summed E-state index contributed by atoms with van der Waals surface area (Å²) in [4.78, 5) is 24.8. The lowest BCUT2D eigenvalue weighted by Crippen LogP contribution is -2.47. The van der Waals surface area contributed by atoms with E-state index in [2.05, 4.69) is 10.5 Å². The molecule has 124 valence electrons. The molecule has 1 aromatic rings. The number of aryl methyl sites for hydroxylation is 1. The predicted octanol–water partition coefficient (Wildman–Crippen LogP) is 1.87. The van der Waals surface area contributed by atoms with E-state index in [9.17, 15) is 9.59 Å². The Bertz CT molecular complexity index is 639. The van der Waals surface area contributed by atoms with Crippen LogP contribution in [0.1, 0.15) is 53.9 Å². The molecule has 0 aromatic carbocycles. The van der Waals surface area contributed by atoms with Crippen LogP contribution in [0.4, 0.5) is 0 Å². The molecule has 1 N–H and O–H groups in total.